The molecule has 2 aromatic rings. The van der Waals surface area contributed by atoms with Crippen molar-refractivity contribution < 1.29 is 9.53 Å². The van der Waals surface area contributed by atoms with E-state index in [1.165, 1.54) is 5.56 Å². The van der Waals surface area contributed by atoms with Gasteiger partial charge in [-0.15, -0.1) is 24.0 Å². The SMILES string of the molecule is CN=C(NCCc1ccccc1)NCc1ccc(C(=O)N2CC(C)OC(C)C2)cc1.I. The van der Waals surface area contributed by atoms with E-state index < -0.39 is 0 Å². The number of carbonyl (C=O) groups excluding carboxylic acids is 1. The van der Waals surface area contributed by atoms with Crippen molar-refractivity contribution in [1.29, 1.82) is 0 Å². The van der Waals surface area contributed by atoms with Crippen LogP contribution < -0.4 is 10.6 Å². The van der Waals surface area contributed by atoms with E-state index in [1.54, 1.807) is 7.05 Å². The molecule has 3 rings (SSSR count). The van der Waals surface area contributed by atoms with Crippen LogP contribution in [0.25, 0.3) is 0 Å². The fourth-order valence-electron chi connectivity index (χ4n) is 3.67. The largest absolute Gasteiger partial charge is 0.372 e. The Bertz CT molecular complexity index is 832. The molecule has 7 heteroatoms. The van der Waals surface area contributed by atoms with Crippen LogP contribution in [0.1, 0.15) is 35.3 Å². The van der Waals surface area contributed by atoms with Crippen LogP contribution >= 0.6 is 24.0 Å². The molecule has 1 aliphatic rings. The first-order valence-electron chi connectivity index (χ1n) is 10.6. The summed E-state index contributed by atoms with van der Waals surface area (Å²) in [6.07, 6.45) is 1.08. The Balaban J connectivity index is 0.00000341. The topological polar surface area (TPSA) is 66.0 Å². The van der Waals surface area contributed by atoms with E-state index in [4.69, 9.17) is 4.74 Å². The molecule has 1 amide bonds. The van der Waals surface area contributed by atoms with Crippen molar-refractivity contribution in [3.05, 3.63) is 71.3 Å². The number of hydrogen-bond acceptors (Lipinski definition) is 3. The number of hydrogen-bond donors (Lipinski definition) is 2. The highest BCUT2D eigenvalue weighted by atomic mass is 127. The molecule has 2 atom stereocenters. The summed E-state index contributed by atoms with van der Waals surface area (Å²) in [5.41, 5.74) is 3.11. The second-order valence-corrected chi connectivity index (χ2v) is 7.75. The Kier molecular flexibility index (Phi) is 10.3. The molecule has 6 nitrogen and oxygen atoms in total. The van der Waals surface area contributed by atoms with Gasteiger partial charge in [-0.05, 0) is 43.5 Å². The van der Waals surface area contributed by atoms with Crippen molar-refractivity contribution in [2.24, 2.45) is 4.99 Å². The van der Waals surface area contributed by atoms with Crippen LogP contribution in [0.2, 0.25) is 0 Å². The van der Waals surface area contributed by atoms with Gasteiger partial charge in [-0.25, -0.2) is 0 Å². The van der Waals surface area contributed by atoms with Gasteiger partial charge in [-0.3, -0.25) is 9.79 Å². The van der Waals surface area contributed by atoms with Crippen molar-refractivity contribution in [2.45, 2.75) is 39.0 Å². The summed E-state index contributed by atoms with van der Waals surface area (Å²) in [5.74, 6) is 0.831. The number of guanidine groups is 1. The van der Waals surface area contributed by atoms with Crippen LogP contribution in [0, 0.1) is 0 Å². The first-order chi connectivity index (χ1) is 14.5. The summed E-state index contributed by atoms with van der Waals surface area (Å²) in [6.45, 7) is 6.74. The number of halogens is 1. The zero-order chi connectivity index (χ0) is 21.3. The second kappa shape index (κ2) is 12.7. The summed E-state index contributed by atoms with van der Waals surface area (Å²) < 4.78 is 5.72. The predicted octanol–water partition coefficient (Wildman–Crippen LogP) is 3.46. The number of aliphatic imine (C=N–C) groups is 1. The lowest BCUT2D eigenvalue weighted by atomic mass is 10.1. The number of rotatable bonds is 6. The number of ether oxygens (including phenoxy) is 1. The Morgan fingerprint density at radius 3 is 2.26 bits per heavy atom. The van der Waals surface area contributed by atoms with Crippen molar-refractivity contribution >= 4 is 35.8 Å². The van der Waals surface area contributed by atoms with Gasteiger partial charge in [0.25, 0.3) is 5.91 Å². The highest BCUT2D eigenvalue weighted by Gasteiger charge is 2.26. The molecule has 1 fully saturated rings. The van der Waals surface area contributed by atoms with Gasteiger partial charge in [0.2, 0.25) is 0 Å². The number of amides is 1. The molecule has 0 radical (unpaired) electrons. The molecule has 0 saturated carbocycles. The number of morpholine rings is 1. The standard InChI is InChI=1S/C24H32N4O2.HI/c1-18-16-28(17-19(2)30-18)23(29)22-11-9-21(10-12-22)15-27-24(25-3)26-14-13-20-7-5-4-6-8-20;/h4-12,18-19H,13-17H2,1-3H3,(H2,25,26,27);1H. The first kappa shape index (κ1) is 25.1. The number of carbonyl (C=O) groups is 1. The minimum absolute atomic E-state index is 0. The normalized spacial score (nSPS) is 18.8. The van der Waals surface area contributed by atoms with Crippen molar-refractivity contribution in [2.75, 3.05) is 26.7 Å². The van der Waals surface area contributed by atoms with E-state index >= 15 is 0 Å². The Labute approximate surface area is 202 Å². The lowest BCUT2D eigenvalue weighted by Gasteiger charge is -2.35. The molecule has 0 spiro atoms. The minimum atomic E-state index is 0. The van der Waals surface area contributed by atoms with E-state index in [-0.39, 0.29) is 42.1 Å². The third-order valence-corrected chi connectivity index (χ3v) is 5.14. The van der Waals surface area contributed by atoms with Crippen molar-refractivity contribution in [3.63, 3.8) is 0 Å². The molecule has 0 aliphatic carbocycles. The fourth-order valence-corrected chi connectivity index (χ4v) is 3.67. The lowest BCUT2D eigenvalue weighted by molar-refractivity contribution is -0.0586. The molecule has 2 aromatic carbocycles. The average molecular weight is 536 g/mol. The van der Waals surface area contributed by atoms with E-state index in [9.17, 15) is 4.79 Å². The van der Waals surface area contributed by atoms with Gasteiger partial charge in [-0.1, -0.05) is 42.5 Å². The molecule has 1 saturated heterocycles. The van der Waals surface area contributed by atoms with Crippen LogP contribution in [0.3, 0.4) is 0 Å². The fraction of sp³-hybridized carbons (Fsp3) is 0.417. The summed E-state index contributed by atoms with van der Waals surface area (Å²) in [5, 5.41) is 6.66. The van der Waals surface area contributed by atoms with Gasteiger partial charge in [0, 0.05) is 38.8 Å². The molecule has 1 aliphatic heterocycles. The van der Waals surface area contributed by atoms with Gasteiger partial charge in [0.05, 0.1) is 12.2 Å². The summed E-state index contributed by atoms with van der Waals surface area (Å²) in [7, 11) is 1.77. The molecular formula is C24H33IN4O2. The van der Waals surface area contributed by atoms with Crippen LogP contribution in [0.15, 0.2) is 59.6 Å². The van der Waals surface area contributed by atoms with Crippen LogP contribution in [-0.2, 0) is 17.7 Å². The molecule has 168 valence electrons. The third kappa shape index (κ3) is 7.81. The average Bonchev–Trinajstić information content (AvgIpc) is 2.76. The van der Waals surface area contributed by atoms with E-state index in [0.717, 1.165) is 24.5 Å². The molecule has 2 unspecified atom stereocenters. The molecule has 1 heterocycles. The van der Waals surface area contributed by atoms with Crippen LogP contribution in [0.5, 0.6) is 0 Å². The summed E-state index contributed by atoms with van der Waals surface area (Å²) in [4.78, 5) is 18.9. The van der Waals surface area contributed by atoms with Crippen LogP contribution in [-0.4, -0.2) is 55.7 Å². The van der Waals surface area contributed by atoms with E-state index in [2.05, 4.69) is 39.9 Å². The van der Waals surface area contributed by atoms with E-state index in [1.807, 2.05) is 49.1 Å². The molecule has 0 aromatic heterocycles. The predicted molar refractivity (Wildman–Crippen MR) is 136 cm³/mol. The summed E-state index contributed by atoms with van der Waals surface area (Å²) >= 11 is 0. The van der Waals surface area contributed by atoms with Crippen LogP contribution in [0.4, 0.5) is 0 Å². The maximum atomic E-state index is 12.8. The molecular weight excluding hydrogens is 503 g/mol. The number of benzene rings is 2. The third-order valence-electron chi connectivity index (χ3n) is 5.14. The molecule has 0 bridgehead atoms. The van der Waals surface area contributed by atoms with Crippen molar-refractivity contribution in [1.82, 2.24) is 15.5 Å². The zero-order valence-electron chi connectivity index (χ0n) is 18.5. The smallest absolute Gasteiger partial charge is 0.254 e. The van der Waals surface area contributed by atoms with Gasteiger partial charge in [0.15, 0.2) is 5.96 Å². The maximum absolute atomic E-state index is 12.8. The molecule has 2 N–H and O–H groups in total. The van der Waals surface area contributed by atoms with E-state index in [0.29, 0.717) is 25.2 Å². The van der Waals surface area contributed by atoms with Gasteiger partial charge in [-0.2, -0.15) is 0 Å². The van der Waals surface area contributed by atoms with Gasteiger partial charge >= 0.3 is 0 Å². The number of nitrogens with zero attached hydrogens (tertiary/aromatic N) is 2. The first-order valence-corrected chi connectivity index (χ1v) is 10.6. The highest BCUT2D eigenvalue weighted by Crippen LogP contribution is 2.15. The Morgan fingerprint density at radius 1 is 1.00 bits per heavy atom. The minimum Gasteiger partial charge on any atom is -0.372 e. The highest BCUT2D eigenvalue weighted by molar-refractivity contribution is 14.0. The lowest BCUT2D eigenvalue weighted by Crippen LogP contribution is -2.48. The monoisotopic (exact) mass is 536 g/mol. The maximum Gasteiger partial charge on any atom is 0.254 e. The summed E-state index contributed by atoms with van der Waals surface area (Å²) in [6, 6.07) is 18.2. The quantitative estimate of drug-likeness (QED) is 0.337. The van der Waals surface area contributed by atoms with Crippen molar-refractivity contribution in [3.8, 4) is 0 Å². The molecule has 31 heavy (non-hydrogen) atoms. The Hall–Kier alpha value is -2.13. The number of nitrogens with one attached hydrogen (secondary N) is 2. The zero-order valence-corrected chi connectivity index (χ0v) is 20.8. The van der Waals surface area contributed by atoms with Gasteiger partial charge < -0.3 is 20.3 Å². The second-order valence-electron chi connectivity index (χ2n) is 7.75. The van der Waals surface area contributed by atoms with Gasteiger partial charge in [0.1, 0.15) is 0 Å². The Morgan fingerprint density at radius 2 is 1.65 bits per heavy atom.